The smallest absolute Gasteiger partial charge is 1.00 e. The molecule has 3 aromatic heterocycles. The van der Waals surface area contributed by atoms with Crippen molar-refractivity contribution in [2.24, 2.45) is 0 Å². The Bertz CT molecular complexity index is 2040. The quantitative estimate of drug-likeness (QED) is 0.187. The molecule has 194 valence electrons. The van der Waals surface area contributed by atoms with E-state index >= 15 is 0 Å². The van der Waals surface area contributed by atoms with Gasteiger partial charge in [-0.2, -0.15) is 0 Å². The Morgan fingerprint density at radius 3 is 0.833 bits per heavy atom. The average Bonchev–Trinajstić information content (AvgIpc) is 3.73. The second-order valence-corrected chi connectivity index (χ2v) is 9.79. The van der Waals surface area contributed by atoms with Crippen LogP contribution in [0.4, 0.5) is 0 Å². The van der Waals surface area contributed by atoms with Gasteiger partial charge in [-0.25, -0.2) is 29.9 Å². The number of H-pyrrole nitrogens is 2. The number of hydrogen-bond donors (Lipinski definition) is 2. The Hall–Kier alpha value is -4.43. The third-order valence-corrected chi connectivity index (χ3v) is 7.46. The number of rotatable bonds is 0. The molecule has 10 heteroatoms. The van der Waals surface area contributed by atoms with Gasteiger partial charge in [0.05, 0.1) is 0 Å². The number of fused-ring (bicyclic) bond motifs is 20. The summed E-state index contributed by atoms with van der Waals surface area (Å²) in [5.41, 5.74) is 6.45. The zero-order valence-electron chi connectivity index (χ0n) is 22.3. The summed E-state index contributed by atoms with van der Waals surface area (Å²) in [5, 5.41) is 3.82. The van der Waals surface area contributed by atoms with Crippen molar-refractivity contribution in [2.45, 2.75) is 0 Å². The van der Waals surface area contributed by atoms with Crippen LogP contribution in [-0.4, -0.2) is 39.9 Å². The van der Waals surface area contributed by atoms with Crippen LogP contribution in [0, 0.1) is 0 Å². The van der Waals surface area contributed by atoms with Crippen LogP contribution in [0.3, 0.4) is 0 Å². The third kappa shape index (κ3) is 3.96. The number of benzene rings is 4. The van der Waals surface area contributed by atoms with Gasteiger partial charge in [0.1, 0.15) is 22.6 Å². The maximum atomic E-state index is 5.02. The summed E-state index contributed by atoms with van der Waals surface area (Å²) in [5.74, 6) is 2.39. The normalized spacial score (nSPS) is 11.4. The molecule has 0 unspecified atom stereocenters. The minimum absolute atomic E-state index is 0. The van der Waals surface area contributed by atoms with Crippen molar-refractivity contribution in [2.75, 3.05) is 0 Å². The molecule has 2 aliphatic rings. The number of nitrogens with zero attached hydrogens (tertiary/aromatic N) is 6. The molecule has 0 amide bonds. The Labute approximate surface area is 268 Å². The Kier molecular flexibility index (Phi) is 6.38. The van der Waals surface area contributed by atoms with Gasteiger partial charge < -0.3 is 33.9 Å². The van der Waals surface area contributed by atoms with Crippen molar-refractivity contribution in [3.8, 4) is 45.6 Å². The fraction of sp³-hybridized carbons (Fsp3) is 0. The zero-order chi connectivity index (χ0) is 26.2. The van der Waals surface area contributed by atoms with E-state index in [4.69, 9.17) is 29.9 Å². The predicted molar refractivity (Wildman–Crippen MR) is 156 cm³/mol. The Morgan fingerprint density at radius 2 is 0.571 bits per heavy atom. The van der Waals surface area contributed by atoms with Gasteiger partial charge in [-0.3, -0.25) is 0 Å². The van der Waals surface area contributed by atoms with E-state index in [1.165, 1.54) is 0 Å². The van der Waals surface area contributed by atoms with Crippen LogP contribution in [-0.2, 0) is 0 Å². The van der Waals surface area contributed by atoms with E-state index in [0.717, 1.165) is 43.8 Å². The van der Waals surface area contributed by atoms with E-state index in [0.29, 0.717) is 45.9 Å². The molecule has 4 aromatic carbocycles. The summed E-state index contributed by atoms with van der Waals surface area (Å²) < 4.78 is 0. The van der Waals surface area contributed by atoms with Gasteiger partial charge in [0.25, 0.3) is 0 Å². The second kappa shape index (κ2) is 10.1. The van der Waals surface area contributed by atoms with Crippen LogP contribution in [0.25, 0.3) is 89.7 Å². The zero-order valence-corrected chi connectivity index (χ0v) is 24.5. The molecule has 8 nitrogen and oxygen atoms in total. The largest absolute Gasteiger partial charge is 1.00 e. The van der Waals surface area contributed by atoms with Crippen molar-refractivity contribution in [1.82, 2.24) is 39.9 Å². The summed E-state index contributed by atoms with van der Waals surface area (Å²) in [7, 11) is 0. The molecule has 2 aliphatic heterocycles. The van der Waals surface area contributed by atoms with E-state index < -0.39 is 0 Å². The molecule has 8 bridgehead atoms. The van der Waals surface area contributed by atoms with Gasteiger partial charge in [0.2, 0.25) is 0 Å². The van der Waals surface area contributed by atoms with Crippen molar-refractivity contribution in [3.05, 3.63) is 97.1 Å². The first-order chi connectivity index (χ1) is 19.8. The Balaban J connectivity index is 0.00000144. The maximum Gasteiger partial charge on any atom is 1.00 e. The summed E-state index contributed by atoms with van der Waals surface area (Å²) in [6.45, 7) is 0. The van der Waals surface area contributed by atoms with E-state index in [2.05, 4.69) is 9.97 Å². The molecule has 5 heterocycles. The predicted octanol–water partition coefficient (Wildman–Crippen LogP) is 0.877. The van der Waals surface area contributed by atoms with Gasteiger partial charge >= 0.3 is 18.9 Å². The van der Waals surface area contributed by atoms with Crippen molar-refractivity contribution < 1.29 is 42.8 Å². The first-order valence-electron chi connectivity index (χ1n) is 13.0. The van der Waals surface area contributed by atoms with Crippen LogP contribution >= 0.6 is 0 Å². The van der Waals surface area contributed by atoms with Crippen molar-refractivity contribution >= 4 is 44.1 Å². The molecule has 0 fully saturated rings. The SMILES string of the molecule is [I-].[Li+].c1ccc2c(c1)-c1nc-2nc2[nH]c(nc3nc(nc4[nH]c(n1)c1ccccc41)-c1ccccc1-3)c1ccccc21. The van der Waals surface area contributed by atoms with Gasteiger partial charge in [-0.15, -0.1) is 0 Å². The minimum Gasteiger partial charge on any atom is -1.00 e. The van der Waals surface area contributed by atoms with Gasteiger partial charge in [-0.1, -0.05) is 97.1 Å². The number of aromatic nitrogens is 8. The third-order valence-electron chi connectivity index (χ3n) is 7.46. The fourth-order valence-electron chi connectivity index (χ4n) is 5.59. The van der Waals surface area contributed by atoms with Crippen LogP contribution in [0.1, 0.15) is 0 Å². The molecule has 42 heavy (non-hydrogen) atoms. The van der Waals surface area contributed by atoms with Crippen LogP contribution < -0.4 is 42.8 Å². The van der Waals surface area contributed by atoms with E-state index in [1.54, 1.807) is 0 Å². The second-order valence-electron chi connectivity index (χ2n) is 9.79. The van der Waals surface area contributed by atoms with E-state index in [1.807, 2.05) is 97.1 Å². The molecular formula is C32H18ILiN8. The van der Waals surface area contributed by atoms with Crippen LogP contribution in [0.5, 0.6) is 0 Å². The van der Waals surface area contributed by atoms with Crippen molar-refractivity contribution in [3.63, 3.8) is 0 Å². The molecule has 0 saturated heterocycles. The number of halogens is 1. The summed E-state index contributed by atoms with van der Waals surface area (Å²) in [6.07, 6.45) is 0. The molecule has 7 aromatic rings. The molecular weight excluding hydrogens is 630 g/mol. The van der Waals surface area contributed by atoms with Crippen molar-refractivity contribution in [1.29, 1.82) is 0 Å². The molecule has 0 radical (unpaired) electrons. The standard InChI is InChI=1S/C32H18N8.HI.Li/c1-2-10-18-17(9-1)25-33-26(18)38-28-21-13-5-6-14-22(21)30(35-28)40-32-24-16-8-7-15-23(24)31(36-32)39-29-20-12-4-3-11-19(20)27(34-29)37-25;;/h1-16H,(H2,33,34,35,36,37,38,39,40);1H;/q;;+1/p-1. The van der Waals surface area contributed by atoms with Gasteiger partial charge in [0, 0.05) is 43.8 Å². The molecule has 0 spiro atoms. The van der Waals surface area contributed by atoms with E-state index in [9.17, 15) is 0 Å². The van der Waals surface area contributed by atoms with Crippen LogP contribution in [0.2, 0.25) is 0 Å². The molecule has 9 rings (SSSR count). The molecule has 0 atom stereocenters. The number of nitrogens with one attached hydrogen (secondary N) is 2. The summed E-state index contributed by atoms with van der Waals surface area (Å²) >= 11 is 0. The first kappa shape index (κ1) is 26.5. The van der Waals surface area contributed by atoms with Crippen LogP contribution in [0.15, 0.2) is 97.1 Å². The fourth-order valence-corrected chi connectivity index (χ4v) is 5.59. The topological polar surface area (TPSA) is 109 Å². The Morgan fingerprint density at radius 1 is 0.333 bits per heavy atom. The molecule has 2 N–H and O–H groups in total. The molecule has 0 aliphatic carbocycles. The van der Waals surface area contributed by atoms with Gasteiger partial charge in [0.15, 0.2) is 23.3 Å². The molecule has 0 saturated carbocycles. The van der Waals surface area contributed by atoms with Gasteiger partial charge in [-0.05, 0) is 0 Å². The maximum absolute atomic E-state index is 5.02. The monoisotopic (exact) mass is 648 g/mol. The first-order valence-corrected chi connectivity index (χ1v) is 13.0. The number of aromatic amines is 2. The minimum atomic E-state index is 0. The number of hydrogen-bond acceptors (Lipinski definition) is 6. The average molecular weight is 648 g/mol. The van der Waals surface area contributed by atoms with E-state index in [-0.39, 0.29) is 42.8 Å². The summed E-state index contributed by atoms with van der Waals surface area (Å²) in [4.78, 5) is 36.8. The summed E-state index contributed by atoms with van der Waals surface area (Å²) in [6, 6.07) is 32.2.